The van der Waals surface area contributed by atoms with Crippen molar-refractivity contribution in [2.24, 2.45) is 22.7 Å². The van der Waals surface area contributed by atoms with Gasteiger partial charge in [-0.15, -0.1) is 0 Å². The highest BCUT2D eigenvalue weighted by Crippen LogP contribution is 2.65. The predicted octanol–water partition coefficient (Wildman–Crippen LogP) is 1.99. The summed E-state index contributed by atoms with van der Waals surface area (Å²) in [6.45, 7) is 8.67. The Balaban J connectivity index is 1.61. The number of hydrogen-bond donors (Lipinski definition) is 2. The van der Waals surface area contributed by atoms with Crippen LogP contribution in [-0.2, 0) is 14.4 Å². The molecule has 5 atom stereocenters. The number of nitrogens with zero attached hydrogens (tertiary/aromatic N) is 5. The fourth-order valence-corrected chi connectivity index (χ4v) is 5.32. The van der Waals surface area contributed by atoms with Crippen LogP contribution in [0, 0.1) is 34.0 Å². The second-order valence-electron chi connectivity index (χ2n) is 11.2. The van der Waals surface area contributed by atoms with Crippen LogP contribution in [0.1, 0.15) is 46.4 Å². The number of likely N-dealkylation sites (tertiary alicyclic amines) is 1. The minimum Gasteiger partial charge on any atom is -0.336 e. The molecule has 2 aromatic heterocycles. The Labute approximate surface area is 211 Å². The number of halogens is 3. The molecule has 3 heterocycles. The Morgan fingerprint density at radius 2 is 1.86 bits per heavy atom. The van der Waals surface area contributed by atoms with Gasteiger partial charge in [-0.1, -0.05) is 34.6 Å². The quantitative estimate of drug-likeness (QED) is 0.621. The van der Waals surface area contributed by atoms with E-state index >= 15 is 0 Å². The summed E-state index contributed by atoms with van der Waals surface area (Å²) in [5, 5.41) is 14.3. The van der Waals surface area contributed by atoms with Crippen LogP contribution < -0.4 is 10.6 Å². The van der Waals surface area contributed by atoms with Crippen LogP contribution in [0.25, 0.3) is 5.65 Å². The van der Waals surface area contributed by atoms with Gasteiger partial charge in [0.2, 0.25) is 11.8 Å². The number of fused-ring (bicyclic) bond motifs is 2. The number of nitrogens with one attached hydrogen (secondary N) is 2. The summed E-state index contributed by atoms with van der Waals surface area (Å²) < 4.78 is 40.6. The molecule has 3 amide bonds. The first-order valence-electron chi connectivity index (χ1n) is 11.7. The number of carbonyl (C=O) groups is 3. The van der Waals surface area contributed by atoms with Gasteiger partial charge in [-0.05, 0) is 22.7 Å². The van der Waals surface area contributed by atoms with Gasteiger partial charge < -0.3 is 15.5 Å². The fraction of sp³-hybridized carbons (Fsp3) is 0.583. The Kier molecular flexibility index (Phi) is 6.21. The van der Waals surface area contributed by atoms with E-state index in [1.807, 2.05) is 25.2 Å². The molecule has 13 heteroatoms. The molecule has 4 rings (SSSR count). The largest absolute Gasteiger partial charge is 0.471 e. The number of piperidine rings is 1. The van der Waals surface area contributed by atoms with Crippen LogP contribution in [0.4, 0.5) is 13.2 Å². The third kappa shape index (κ3) is 4.60. The Morgan fingerprint density at radius 3 is 2.46 bits per heavy atom. The molecule has 1 aliphatic carbocycles. The number of alkyl halides is 3. The third-order valence-electron chi connectivity index (χ3n) is 7.46. The van der Waals surface area contributed by atoms with Crippen molar-refractivity contribution in [3.05, 3.63) is 30.5 Å². The summed E-state index contributed by atoms with van der Waals surface area (Å²) in [5.74, 6) is -3.90. The van der Waals surface area contributed by atoms with E-state index < -0.39 is 47.4 Å². The van der Waals surface area contributed by atoms with Gasteiger partial charge in [0.05, 0.1) is 24.2 Å². The van der Waals surface area contributed by atoms with Crippen LogP contribution in [0.2, 0.25) is 0 Å². The monoisotopic (exact) mass is 519 g/mol. The number of nitriles is 1. The van der Waals surface area contributed by atoms with E-state index in [1.165, 1.54) is 44.3 Å². The zero-order valence-corrected chi connectivity index (χ0v) is 21.0. The molecule has 2 fully saturated rings. The van der Waals surface area contributed by atoms with Crippen molar-refractivity contribution in [2.45, 2.75) is 58.9 Å². The summed E-state index contributed by atoms with van der Waals surface area (Å²) in [6.07, 6.45) is 0.867. The predicted molar refractivity (Wildman–Crippen MR) is 123 cm³/mol. The highest BCUT2D eigenvalue weighted by atomic mass is 19.4. The number of rotatable bonds is 5. The number of imidazole rings is 1. The molecule has 0 radical (unpaired) electrons. The average Bonchev–Trinajstić information content (AvgIpc) is 3.19. The molecule has 2 N–H and O–H groups in total. The van der Waals surface area contributed by atoms with E-state index in [0.29, 0.717) is 11.3 Å². The minimum absolute atomic E-state index is 0.0476. The van der Waals surface area contributed by atoms with Crippen LogP contribution >= 0.6 is 0 Å². The van der Waals surface area contributed by atoms with E-state index in [-0.39, 0.29) is 23.8 Å². The average molecular weight is 520 g/mol. The van der Waals surface area contributed by atoms with Gasteiger partial charge in [0.25, 0.3) is 0 Å². The lowest BCUT2D eigenvalue weighted by Gasteiger charge is -2.37. The lowest BCUT2D eigenvalue weighted by atomic mass is 9.85. The fourth-order valence-electron chi connectivity index (χ4n) is 5.32. The van der Waals surface area contributed by atoms with E-state index in [2.05, 4.69) is 15.3 Å². The summed E-state index contributed by atoms with van der Waals surface area (Å²) >= 11 is 0. The van der Waals surface area contributed by atoms with E-state index in [0.717, 1.165) is 0 Å². The Hall–Kier alpha value is -3.69. The first kappa shape index (κ1) is 26.4. The van der Waals surface area contributed by atoms with Gasteiger partial charge in [-0.2, -0.15) is 18.4 Å². The van der Waals surface area contributed by atoms with Crippen molar-refractivity contribution in [2.75, 3.05) is 6.54 Å². The molecule has 10 nitrogen and oxygen atoms in total. The molecule has 1 unspecified atom stereocenters. The summed E-state index contributed by atoms with van der Waals surface area (Å²) in [6, 6.07) is -1.60. The molecular formula is C24H28F3N7O3. The molecule has 1 saturated heterocycles. The van der Waals surface area contributed by atoms with Gasteiger partial charge in [0, 0.05) is 18.9 Å². The van der Waals surface area contributed by atoms with Crippen molar-refractivity contribution in [1.82, 2.24) is 29.9 Å². The van der Waals surface area contributed by atoms with Gasteiger partial charge in [0.1, 0.15) is 12.1 Å². The zero-order chi connectivity index (χ0) is 27.5. The summed E-state index contributed by atoms with van der Waals surface area (Å²) in [4.78, 5) is 48.3. The van der Waals surface area contributed by atoms with Crippen molar-refractivity contribution in [3.63, 3.8) is 0 Å². The van der Waals surface area contributed by atoms with Crippen molar-refractivity contribution in [1.29, 1.82) is 5.26 Å². The first-order valence-corrected chi connectivity index (χ1v) is 11.7. The van der Waals surface area contributed by atoms with Crippen molar-refractivity contribution in [3.8, 4) is 6.07 Å². The highest BCUT2D eigenvalue weighted by molar-refractivity contribution is 5.95. The zero-order valence-electron chi connectivity index (χ0n) is 21.0. The SMILES string of the molecule is CC(C)(C)[C@H](NC(=O)C(F)(F)F)C(=O)N1C[C@H]2[C@@H]([C@H]1C(=O)NC(C#N)c1cnc3cnccn13)C2(C)C. The lowest BCUT2D eigenvalue weighted by molar-refractivity contribution is -0.176. The van der Waals surface area contributed by atoms with Gasteiger partial charge in [0.15, 0.2) is 11.7 Å². The van der Waals surface area contributed by atoms with Gasteiger partial charge >= 0.3 is 12.1 Å². The molecule has 1 aliphatic heterocycles. The highest BCUT2D eigenvalue weighted by Gasteiger charge is 2.70. The maximum atomic E-state index is 13.6. The van der Waals surface area contributed by atoms with Gasteiger partial charge in [-0.25, -0.2) is 4.98 Å². The Bertz CT molecular complexity index is 1290. The molecule has 2 aliphatic rings. The van der Waals surface area contributed by atoms with E-state index in [4.69, 9.17) is 0 Å². The molecule has 37 heavy (non-hydrogen) atoms. The van der Waals surface area contributed by atoms with Crippen LogP contribution in [0.5, 0.6) is 0 Å². The number of aromatic nitrogens is 3. The molecule has 0 spiro atoms. The van der Waals surface area contributed by atoms with Gasteiger partial charge in [-0.3, -0.25) is 23.8 Å². The van der Waals surface area contributed by atoms with Crippen LogP contribution in [0.15, 0.2) is 24.8 Å². The van der Waals surface area contributed by atoms with E-state index in [9.17, 15) is 32.8 Å². The second kappa shape index (κ2) is 8.71. The molecule has 198 valence electrons. The molecule has 0 aromatic carbocycles. The molecule has 0 bridgehead atoms. The molecule has 1 saturated carbocycles. The summed E-state index contributed by atoms with van der Waals surface area (Å²) in [7, 11) is 0. The van der Waals surface area contributed by atoms with Crippen LogP contribution in [-0.4, -0.2) is 61.8 Å². The maximum Gasteiger partial charge on any atom is 0.471 e. The number of amides is 3. The van der Waals surface area contributed by atoms with E-state index in [1.54, 1.807) is 10.6 Å². The van der Waals surface area contributed by atoms with Crippen molar-refractivity contribution < 1.29 is 27.6 Å². The third-order valence-corrected chi connectivity index (χ3v) is 7.46. The number of hydrogen-bond acceptors (Lipinski definition) is 6. The maximum absolute atomic E-state index is 13.6. The smallest absolute Gasteiger partial charge is 0.336 e. The second-order valence-corrected chi connectivity index (χ2v) is 11.2. The topological polar surface area (TPSA) is 132 Å². The van der Waals surface area contributed by atoms with Crippen molar-refractivity contribution >= 4 is 23.4 Å². The lowest BCUT2D eigenvalue weighted by Crippen LogP contribution is -2.60. The van der Waals surface area contributed by atoms with Crippen LogP contribution in [0.3, 0.4) is 0 Å². The molecular weight excluding hydrogens is 491 g/mol. The number of carbonyl (C=O) groups excluding carboxylic acids is 3. The standard InChI is InChI=1S/C24H28F3N7O3/c1-22(2,3)18(32-21(37)24(25,26)27)20(36)34-11-12-16(23(12,4)5)17(34)19(35)31-13(8-28)14-9-30-15-10-29-6-7-33(14)15/h6-7,9-10,12-13,16-18H,11H2,1-5H3,(H,31,35)(H,32,37)/t12-,13?,16-,17-,18+/m0/s1. The minimum atomic E-state index is -5.17. The molecule has 2 aromatic rings. The Morgan fingerprint density at radius 1 is 1.19 bits per heavy atom. The summed E-state index contributed by atoms with van der Waals surface area (Å²) in [5.41, 5.74) is -0.481. The first-order chi connectivity index (χ1) is 17.1. The normalized spacial score (nSPS) is 24.1.